The van der Waals surface area contributed by atoms with Gasteiger partial charge in [0.05, 0.1) is 39.7 Å². The van der Waals surface area contributed by atoms with Crippen molar-refractivity contribution in [3.05, 3.63) is 69.3 Å². The lowest BCUT2D eigenvalue weighted by Crippen LogP contribution is -2.28. The Hall–Kier alpha value is -3.70. The first-order valence-corrected chi connectivity index (χ1v) is 14.1. The fourth-order valence-corrected chi connectivity index (χ4v) is 5.71. The van der Waals surface area contributed by atoms with E-state index in [1.807, 2.05) is 47.8 Å². The topological polar surface area (TPSA) is 101 Å². The van der Waals surface area contributed by atoms with E-state index in [-0.39, 0.29) is 17.2 Å². The Morgan fingerprint density at radius 1 is 0.897 bits per heavy atom. The average molecular weight is 570 g/mol. The van der Waals surface area contributed by atoms with Crippen molar-refractivity contribution < 1.29 is 23.7 Å². The van der Waals surface area contributed by atoms with Crippen molar-refractivity contribution in [2.45, 2.75) is 24.5 Å². The number of carbonyl (C=O) groups excluding carboxylic acids is 1. The Labute approximate surface area is 235 Å². The fourth-order valence-electron chi connectivity index (χ4n) is 4.07. The van der Waals surface area contributed by atoms with Crippen molar-refractivity contribution in [3.8, 4) is 23.0 Å². The summed E-state index contributed by atoms with van der Waals surface area (Å²) >= 11 is 2.63. The van der Waals surface area contributed by atoms with E-state index in [4.69, 9.17) is 23.9 Å². The van der Waals surface area contributed by atoms with Gasteiger partial charge in [-0.25, -0.2) is 4.98 Å². The number of amides is 1. The quantitative estimate of drug-likeness (QED) is 0.189. The third-order valence-corrected chi connectivity index (χ3v) is 7.99. The SMILES string of the molecule is COc1ccc(CCNC(=O)CSc2nc3ccsc3c(=O)n2CCc2ccc(OC)c(OC)c2)cc1OC. The maximum Gasteiger partial charge on any atom is 0.272 e. The Morgan fingerprint density at radius 3 is 2.13 bits per heavy atom. The second-order valence-corrected chi connectivity index (χ2v) is 10.4. The Balaban J connectivity index is 1.41. The van der Waals surface area contributed by atoms with Gasteiger partial charge in [0.2, 0.25) is 5.91 Å². The molecule has 0 saturated carbocycles. The third-order valence-electron chi connectivity index (χ3n) is 6.12. The van der Waals surface area contributed by atoms with E-state index in [1.165, 1.54) is 23.1 Å². The molecule has 11 heteroatoms. The number of thiophene rings is 1. The van der Waals surface area contributed by atoms with E-state index in [9.17, 15) is 9.59 Å². The lowest BCUT2D eigenvalue weighted by atomic mass is 10.1. The number of methoxy groups -OCH3 is 4. The first kappa shape index (κ1) is 28.3. The number of aromatic nitrogens is 2. The van der Waals surface area contributed by atoms with Gasteiger partial charge in [-0.15, -0.1) is 11.3 Å². The lowest BCUT2D eigenvalue weighted by molar-refractivity contribution is -0.118. The normalized spacial score (nSPS) is 10.9. The molecule has 39 heavy (non-hydrogen) atoms. The number of aryl methyl sites for hydroxylation is 1. The molecule has 2 aromatic carbocycles. The standard InChI is InChI=1S/C28H31N3O6S2/c1-34-21-7-5-18(15-23(21)36-3)9-12-29-25(32)17-39-28-30-20-11-14-38-26(20)27(33)31(28)13-10-19-6-8-22(35-2)24(16-19)37-4/h5-8,11,14-16H,9-10,12-13,17H2,1-4H3,(H,29,32). The van der Waals surface area contributed by atoms with Crippen LogP contribution < -0.4 is 29.8 Å². The highest BCUT2D eigenvalue weighted by Crippen LogP contribution is 2.29. The van der Waals surface area contributed by atoms with E-state index in [1.54, 1.807) is 33.0 Å². The molecule has 1 amide bonds. The Morgan fingerprint density at radius 2 is 1.51 bits per heavy atom. The summed E-state index contributed by atoms with van der Waals surface area (Å²) in [7, 11) is 6.37. The molecule has 0 aliphatic carbocycles. The number of hydrogen-bond acceptors (Lipinski definition) is 9. The van der Waals surface area contributed by atoms with Crippen molar-refractivity contribution >= 4 is 39.2 Å². The molecule has 1 N–H and O–H groups in total. The predicted molar refractivity (Wildman–Crippen MR) is 154 cm³/mol. The molecule has 0 fully saturated rings. The van der Waals surface area contributed by atoms with E-state index in [2.05, 4.69) is 5.32 Å². The van der Waals surface area contributed by atoms with Crippen molar-refractivity contribution in [1.29, 1.82) is 0 Å². The third kappa shape index (κ3) is 6.85. The van der Waals surface area contributed by atoms with E-state index >= 15 is 0 Å². The van der Waals surface area contributed by atoms with Crippen LogP contribution in [-0.2, 0) is 24.2 Å². The van der Waals surface area contributed by atoms with Gasteiger partial charge in [-0.1, -0.05) is 23.9 Å². The summed E-state index contributed by atoms with van der Waals surface area (Å²) in [5.74, 6) is 2.60. The number of fused-ring (bicyclic) bond motifs is 1. The van der Waals surface area contributed by atoms with Crippen molar-refractivity contribution in [1.82, 2.24) is 14.9 Å². The van der Waals surface area contributed by atoms with E-state index in [0.29, 0.717) is 64.3 Å². The zero-order valence-corrected chi connectivity index (χ0v) is 23.9. The largest absolute Gasteiger partial charge is 0.493 e. The molecule has 0 radical (unpaired) electrons. The monoisotopic (exact) mass is 569 g/mol. The van der Waals surface area contributed by atoms with Crippen LogP contribution in [0.1, 0.15) is 11.1 Å². The summed E-state index contributed by atoms with van der Waals surface area (Å²) in [5, 5.41) is 5.31. The highest BCUT2D eigenvalue weighted by atomic mass is 32.2. The zero-order chi connectivity index (χ0) is 27.8. The molecule has 4 aromatic rings. The molecule has 2 aromatic heterocycles. The first-order chi connectivity index (χ1) is 19.0. The Kier molecular flexibility index (Phi) is 9.72. The van der Waals surface area contributed by atoms with Crippen molar-refractivity contribution in [2.75, 3.05) is 40.7 Å². The molecule has 0 atom stereocenters. The number of nitrogens with zero attached hydrogens (tertiary/aromatic N) is 2. The molecule has 4 rings (SSSR count). The van der Waals surface area contributed by atoms with Crippen molar-refractivity contribution in [3.63, 3.8) is 0 Å². The van der Waals surface area contributed by atoms with Gasteiger partial charge in [0.1, 0.15) is 4.70 Å². The first-order valence-electron chi connectivity index (χ1n) is 12.3. The predicted octanol–water partition coefficient (Wildman–Crippen LogP) is 4.19. The minimum absolute atomic E-state index is 0.105. The van der Waals surface area contributed by atoms with Gasteiger partial charge in [-0.2, -0.15) is 0 Å². The molecular weight excluding hydrogens is 538 g/mol. The molecular formula is C28H31N3O6S2. The molecule has 9 nitrogen and oxygen atoms in total. The second kappa shape index (κ2) is 13.4. The molecule has 0 aliphatic rings. The minimum atomic E-state index is -0.133. The molecule has 0 saturated heterocycles. The molecule has 206 valence electrons. The van der Waals surface area contributed by atoms with Crippen LogP contribution in [0.15, 0.2) is 57.8 Å². The molecule has 0 bridgehead atoms. The van der Waals surface area contributed by atoms with Gasteiger partial charge >= 0.3 is 0 Å². The summed E-state index contributed by atoms with van der Waals surface area (Å²) < 4.78 is 23.6. The van der Waals surface area contributed by atoms with Crippen molar-refractivity contribution in [2.24, 2.45) is 0 Å². The zero-order valence-electron chi connectivity index (χ0n) is 22.3. The van der Waals surface area contributed by atoms with E-state index in [0.717, 1.165) is 11.1 Å². The van der Waals surface area contributed by atoms with Gasteiger partial charge < -0.3 is 24.3 Å². The van der Waals surface area contributed by atoms with E-state index < -0.39 is 0 Å². The number of hydrogen-bond donors (Lipinski definition) is 1. The van der Waals surface area contributed by atoms with Crippen LogP contribution in [0.4, 0.5) is 0 Å². The number of ether oxygens (including phenoxy) is 4. The highest BCUT2D eigenvalue weighted by molar-refractivity contribution is 7.99. The minimum Gasteiger partial charge on any atom is -0.493 e. The lowest BCUT2D eigenvalue weighted by Gasteiger charge is -2.13. The van der Waals surface area contributed by atoms with Crippen LogP contribution in [0.2, 0.25) is 0 Å². The number of rotatable bonds is 13. The summed E-state index contributed by atoms with van der Waals surface area (Å²) in [6, 6.07) is 13.2. The summed E-state index contributed by atoms with van der Waals surface area (Å²) in [6.07, 6.45) is 1.23. The molecule has 0 unspecified atom stereocenters. The van der Waals surface area contributed by atoms with Gasteiger partial charge in [-0.05, 0) is 59.7 Å². The molecule has 0 aliphatic heterocycles. The number of thioether (sulfide) groups is 1. The molecule has 0 spiro atoms. The Bertz CT molecular complexity index is 1500. The number of benzene rings is 2. The van der Waals surface area contributed by atoms with Crippen LogP contribution in [0.5, 0.6) is 23.0 Å². The highest BCUT2D eigenvalue weighted by Gasteiger charge is 2.15. The summed E-state index contributed by atoms with van der Waals surface area (Å²) in [5.41, 5.74) is 2.56. The fraction of sp³-hybridized carbons (Fsp3) is 0.321. The average Bonchev–Trinajstić information content (AvgIpc) is 3.44. The van der Waals surface area contributed by atoms with Gasteiger partial charge in [-0.3, -0.25) is 14.2 Å². The van der Waals surface area contributed by atoms with Crippen LogP contribution in [0, 0.1) is 0 Å². The summed E-state index contributed by atoms with van der Waals surface area (Å²) in [6.45, 7) is 0.885. The van der Waals surface area contributed by atoms with Crippen LogP contribution in [0.3, 0.4) is 0 Å². The van der Waals surface area contributed by atoms with Crippen LogP contribution in [0.25, 0.3) is 10.2 Å². The van der Waals surface area contributed by atoms with Crippen LogP contribution in [-0.4, -0.2) is 56.2 Å². The van der Waals surface area contributed by atoms with Gasteiger partial charge in [0, 0.05) is 13.1 Å². The summed E-state index contributed by atoms with van der Waals surface area (Å²) in [4.78, 5) is 30.6. The smallest absolute Gasteiger partial charge is 0.272 e. The number of nitrogens with one attached hydrogen (secondary N) is 1. The van der Waals surface area contributed by atoms with Crippen LogP contribution >= 0.6 is 23.1 Å². The molecule has 2 heterocycles. The van der Waals surface area contributed by atoms with Gasteiger partial charge in [0.25, 0.3) is 5.56 Å². The second-order valence-electron chi connectivity index (χ2n) is 8.50. The van der Waals surface area contributed by atoms with Gasteiger partial charge in [0.15, 0.2) is 28.2 Å². The maximum absolute atomic E-state index is 13.3. The maximum atomic E-state index is 13.3. The number of carbonyl (C=O) groups is 1.